The third-order valence-electron chi connectivity index (χ3n) is 2.89. The van der Waals surface area contributed by atoms with Crippen LogP contribution in [0.1, 0.15) is 27.7 Å². The van der Waals surface area contributed by atoms with Gasteiger partial charge in [0.15, 0.2) is 0 Å². The molecule has 1 rings (SSSR count). The van der Waals surface area contributed by atoms with Gasteiger partial charge in [0.1, 0.15) is 0 Å². The van der Waals surface area contributed by atoms with Crippen molar-refractivity contribution < 1.29 is 9.31 Å². The molecular formula is C8H17BO2. The Labute approximate surface area is 69.4 Å². The molecule has 0 saturated carbocycles. The predicted molar refractivity (Wildman–Crippen MR) is 46.5 cm³/mol. The largest absolute Gasteiger partial charge is 0.453 e. The van der Waals surface area contributed by atoms with Crippen molar-refractivity contribution in [2.75, 3.05) is 0 Å². The van der Waals surface area contributed by atoms with Crippen LogP contribution in [0.2, 0.25) is 6.82 Å². The van der Waals surface area contributed by atoms with Gasteiger partial charge >= 0.3 is 7.12 Å². The van der Waals surface area contributed by atoms with Gasteiger partial charge in [0.2, 0.25) is 0 Å². The summed E-state index contributed by atoms with van der Waals surface area (Å²) in [5.74, 6) is 0. The SMILES string of the molecule is CB1OC(C)C(C)(C)C(C)O1. The first-order valence-corrected chi connectivity index (χ1v) is 4.25. The highest BCUT2D eigenvalue weighted by atomic mass is 16.6. The lowest BCUT2D eigenvalue weighted by Crippen LogP contribution is -2.50. The number of hydrogen-bond donors (Lipinski definition) is 0. The van der Waals surface area contributed by atoms with E-state index >= 15 is 0 Å². The fraction of sp³-hybridized carbons (Fsp3) is 1.00. The predicted octanol–water partition coefficient (Wildman–Crippen LogP) is 1.95. The molecule has 0 spiro atoms. The van der Waals surface area contributed by atoms with Gasteiger partial charge in [-0.05, 0) is 20.7 Å². The van der Waals surface area contributed by atoms with E-state index in [-0.39, 0.29) is 24.7 Å². The van der Waals surface area contributed by atoms with E-state index in [1.165, 1.54) is 0 Å². The van der Waals surface area contributed by atoms with Crippen LogP contribution in [-0.2, 0) is 9.31 Å². The standard InChI is InChI=1S/C8H17BO2/c1-6-8(3,4)7(2)11-9(5)10-6/h6-7H,1-5H3. The lowest BCUT2D eigenvalue weighted by atomic mass is 9.76. The highest BCUT2D eigenvalue weighted by Crippen LogP contribution is 2.34. The van der Waals surface area contributed by atoms with Crippen LogP contribution in [0.25, 0.3) is 0 Å². The Bertz CT molecular complexity index is 133. The molecule has 0 N–H and O–H groups in total. The Hall–Kier alpha value is -0.0151. The number of rotatable bonds is 0. The number of hydrogen-bond acceptors (Lipinski definition) is 2. The third kappa shape index (κ3) is 1.59. The van der Waals surface area contributed by atoms with Gasteiger partial charge in [-0.15, -0.1) is 0 Å². The Balaban J connectivity index is 2.67. The molecule has 0 aliphatic carbocycles. The zero-order valence-corrected chi connectivity index (χ0v) is 8.05. The van der Waals surface area contributed by atoms with Crippen LogP contribution in [0, 0.1) is 5.41 Å². The lowest BCUT2D eigenvalue weighted by Gasteiger charge is -2.43. The minimum absolute atomic E-state index is 0.0481. The Kier molecular flexibility index (Phi) is 2.31. The van der Waals surface area contributed by atoms with Crippen LogP contribution in [0.5, 0.6) is 0 Å². The van der Waals surface area contributed by atoms with Crippen molar-refractivity contribution in [3.63, 3.8) is 0 Å². The monoisotopic (exact) mass is 156 g/mol. The van der Waals surface area contributed by atoms with Gasteiger partial charge in [-0.3, -0.25) is 0 Å². The quantitative estimate of drug-likeness (QED) is 0.499. The summed E-state index contributed by atoms with van der Waals surface area (Å²) in [5, 5.41) is 0. The molecule has 0 amide bonds. The summed E-state index contributed by atoms with van der Waals surface area (Å²) in [6, 6.07) is 0. The van der Waals surface area contributed by atoms with Crippen LogP contribution in [0.4, 0.5) is 0 Å². The van der Waals surface area contributed by atoms with Crippen LogP contribution in [0.15, 0.2) is 0 Å². The molecule has 1 fully saturated rings. The maximum absolute atomic E-state index is 5.55. The smallest absolute Gasteiger partial charge is 0.408 e. The molecule has 0 aromatic heterocycles. The van der Waals surface area contributed by atoms with Crippen LogP contribution in [-0.4, -0.2) is 19.3 Å². The first-order valence-electron chi connectivity index (χ1n) is 4.25. The maximum atomic E-state index is 5.55. The summed E-state index contributed by atoms with van der Waals surface area (Å²) < 4.78 is 11.1. The molecule has 0 aromatic carbocycles. The molecule has 2 atom stereocenters. The molecule has 1 aliphatic rings. The Morgan fingerprint density at radius 3 is 1.82 bits per heavy atom. The molecular weight excluding hydrogens is 139 g/mol. The van der Waals surface area contributed by atoms with E-state index in [1.807, 2.05) is 6.82 Å². The third-order valence-corrected chi connectivity index (χ3v) is 2.89. The van der Waals surface area contributed by atoms with Gasteiger partial charge in [0.25, 0.3) is 0 Å². The first kappa shape index (κ1) is 9.08. The van der Waals surface area contributed by atoms with Crippen molar-refractivity contribution in [2.24, 2.45) is 5.41 Å². The topological polar surface area (TPSA) is 18.5 Å². The van der Waals surface area contributed by atoms with E-state index in [4.69, 9.17) is 9.31 Å². The minimum Gasteiger partial charge on any atom is -0.408 e. The average Bonchev–Trinajstić information content (AvgIpc) is 1.84. The molecule has 2 nitrogen and oxygen atoms in total. The van der Waals surface area contributed by atoms with Crippen molar-refractivity contribution in [3.05, 3.63) is 0 Å². The van der Waals surface area contributed by atoms with Gasteiger partial charge in [-0.2, -0.15) is 0 Å². The van der Waals surface area contributed by atoms with Crippen molar-refractivity contribution in [1.29, 1.82) is 0 Å². The van der Waals surface area contributed by atoms with E-state index in [2.05, 4.69) is 27.7 Å². The highest BCUT2D eigenvalue weighted by molar-refractivity contribution is 6.42. The van der Waals surface area contributed by atoms with Gasteiger partial charge in [-0.25, -0.2) is 0 Å². The van der Waals surface area contributed by atoms with E-state index in [1.54, 1.807) is 0 Å². The summed E-state index contributed by atoms with van der Waals surface area (Å²) in [6.07, 6.45) is 0.558. The second-order valence-electron chi connectivity index (χ2n) is 3.95. The summed E-state index contributed by atoms with van der Waals surface area (Å²) >= 11 is 0. The van der Waals surface area contributed by atoms with Crippen LogP contribution < -0.4 is 0 Å². The maximum Gasteiger partial charge on any atom is 0.453 e. The summed E-state index contributed by atoms with van der Waals surface area (Å²) in [5.41, 5.74) is 0.131. The first-order chi connectivity index (χ1) is 4.94. The van der Waals surface area contributed by atoms with E-state index < -0.39 is 0 Å². The lowest BCUT2D eigenvalue weighted by molar-refractivity contribution is -0.0725. The van der Waals surface area contributed by atoms with Crippen molar-refractivity contribution in [2.45, 2.75) is 46.7 Å². The second-order valence-corrected chi connectivity index (χ2v) is 3.95. The van der Waals surface area contributed by atoms with Crippen molar-refractivity contribution in [1.82, 2.24) is 0 Å². The van der Waals surface area contributed by atoms with Crippen molar-refractivity contribution >= 4 is 7.12 Å². The van der Waals surface area contributed by atoms with Gasteiger partial charge in [-0.1, -0.05) is 13.8 Å². The van der Waals surface area contributed by atoms with Crippen LogP contribution in [0.3, 0.4) is 0 Å². The molecule has 1 heterocycles. The van der Waals surface area contributed by atoms with Gasteiger partial charge < -0.3 is 9.31 Å². The minimum atomic E-state index is -0.0481. The fourth-order valence-electron chi connectivity index (χ4n) is 1.29. The molecule has 2 unspecified atom stereocenters. The zero-order valence-electron chi connectivity index (χ0n) is 8.05. The zero-order chi connectivity index (χ0) is 8.65. The van der Waals surface area contributed by atoms with E-state index in [0.29, 0.717) is 0 Å². The van der Waals surface area contributed by atoms with Crippen molar-refractivity contribution in [3.8, 4) is 0 Å². The summed E-state index contributed by atoms with van der Waals surface area (Å²) in [7, 11) is -0.0481. The second kappa shape index (κ2) is 2.79. The summed E-state index contributed by atoms with van der Waals surface area (Å²) in [4.78, 5) is 0. The molecule has 1 saturated heterocycles. The van der Waals surface area contributed by atoms with E-state index in [0.717, 1.165) is 0 Å². The highest BCUT2D eigenvalue weighted by Gasteiger charge is 2.40. The summed E-state index contributed by atoms with van der Waals surface area (Å²) in [6.45, 7) is 10.5. The molecule has 0 bridgehead atoms. The Morgan fingerprint density at radius 1 is 1.09 bits per heavy atom. The van der Waals surface area contributed by atoms with E-state index in [9.17, 15) is 0 Å². The van der Waals surface area contributed by atoms with Crippen LogP contribution >= 0.6 is 0 Å². The van der Waals surface area contributed by atoms with Gasteiger partial charge in [0.05, 0.1) is 0 Å². The average molecular weight is 156 g/mol. The molecule has 3 heteroatoms. The fourth-order valence-corrected chi connectivity index (χ4v) is 1.29. The van der Waals surface area contributed by atoms with Gasteiger partial charge in [0, 0.05) is 17.6 Å². The molecule has 0 aromatic rings. The normalized spacial score (nSPS) is 37.4. The molecule has 1 aliphatic heterocycles. The molecule has 11 heavy (non-hydrogen) atoms. The molecule has 64 valence electrons. The molecule has 0 radical (unpaired) electrons. The Morgan fingerprint density at radius 2 is 1.45 bits per heavy atom.